The number of hydrogen-bond donors (Lipinski definition) is 1. The predicted molar refractivity (Wildman–Crippen MR) is 46.1 cm³/mol. The van der Waals surface area contributed by atoms with Crippen LogP contribution in [-0.4, -0.2) is 30.2 Å². The molecule has 1 aromatic rings. The van der Waals surface area contributed by atoms with Gasteiger partial charge >= 0.3 is 0 Å². The van der Waals surface area contributed by atoms with Crippen molar-refractivity contribution in [3.05, 3.63) is 18.7 Å². The van der Waals surface area contributed by atoms with E-state index < -0.39 is 0 Å². The van der Waals surface area contributed by atoms with Crippen LogP contribution in [0.3, 0.4) is 0 Å². The first-order valence-electron chi connectivity index (χ1n) is 3.96. The van der Waals surface area contributed by atoms with Gasteiger partial charge in [-0.1, -0.05) is 0 Å². The van der Waals surface area contributed by atoms with Gasteiger partial charge in [0.15, 0.2) is 5.75 Å². The molecule has 66 valence electrons. The molecule has 0 amide bonds. The fourth-order valence-electron chi connectivity index (χ4n) is 0.799. The summed E-state index contributed by atoms with van der Waals surface area (Å²) in [6.07, 6.45) is 5.80. The lowest BCUT2D eigenvalue weighted by Gasteiger charge is -2.03. The minimum atomic E-state index is 0.703. The maximum absolute atomic E-state index is 5.34. The van der Waals surface area contributed by atoms with Crippen LogP contribution in [0.2, 0.25) is 0 Å². The van der Waals surface area contributed by atoms with E-state index in [1.54, 1.807) is 12.4 Å². The Hall–Kier alpha value is -1.16. The second-order valence-electron chi connectivity index (χ2n) is 2.38. The molecule has 0 unspecified atom stereocenters. The molecular weight excluding hydrogens is 154 g/mol. The highest BCUT2D eigenvalue weighted by atomic mass is 16.5. The molecule has 0 fully saturated rings. The van der Waals surface area contributed by atoms with Gasteiger partial charge in [-0.2, -0.15) is 0 Å². The molecule has 0 atom stereocenters. The topological polar surface area (TPSA) is 47.0 Å². The molecule has 0 aliphatic carbocycles. The van der Waals surface area contributed by atoms with Crippen molar-refractivity contribution in [1.29, 1.82) is 0 Å². The summed E-state index contributed by atoms with van der Waals surface area (Å²) in [6.45, 7) is 1.67. The van der Waals surface area contributed by atoms with Crippen molar-refractivity contribution in [2.45, 2.75) is 6.42 Å². The molecular formula is C8H13N3O. The zero-order valence-corrected chi connectivity index (χ0v) is 7.16. The average Bonchev–Trinajstić information content (AvgIpc) is 2.14. The minimum Gasteiger partial charge on any atom is -0.490 e. The monoisotopic (exact) mass is 167 g/mol. The van der Waals surface area contributed by atoms with Crippen molar-refractivity contribution in [1.82, 2.24) is 15.3 Å². The number of nitrogens with zero attached hydrogens (tertiary/aromatic N) is 2. The van der Waals surface area contributed by atoms with Crippen LogP contribution < -0.4 is 10.1 Å². The first-order valence-corrected chi connectivity index (χ1v) is 3.96. The van der Waals surface area contributed by atoms with Gasteiger partial charge in [0, 0.05) is 0 Å². The lowest BCUT2D eigenvalue weighted by atomic mass is 10.4. The third-order valence-corrected chi connectivity index (χ3v) is 1.38. The van der Waals surface area contributed by atoms with E-state index in [2.05, 4.69) is 15.3 Å². The quantitative estimate of drug-likeness (QED) is 0.647. The molecule has 1 heterocycles. The Morgan fingerprint density at radius 2 is 2.17 bits per heavy atom. The summed E-state index contributed by atoms with van der Waals surface area (Å²) in [6, 6.07) is 0. The molecule has 1 rings (SSSR count). The zero-order chi connectivity index (χ0) is 8.65. The summed E-state index contributed by atoms with van der Waals surface area (Å²) in [5, 5.41) is 3.04. The van der Waals surface area contributed by atoms with Crippen molar-refractivity contribution in [2.24, 2.45) is 0 Å². The largest absolute Gasteiger partial charge is 0.490 e. The van der Waals surface area contributed by atoms with Crippen molar-refractivity contribution >= 4 is 0 Å². The van der Waals surface area contributed by atoms with Gasteiger partial charge in [-0.25, -0.2) is 9.97 Å². The molecule has 0 aromatic carbocycles. The van der Waals surface area contributed by atoms with Crippen LogP contribution in [0.5, 0.6) is 5.75 Å². The van der Waals surface area contributed by atoms with Gasteiger partial charge in [0.1, 0.15) is 6.33 Å². The van der Waals surface area contributed by atoms with Crippen molar-refractivity contribution in [2.75, 3.05) is 20.2 Å². The van der Waals surface area contributed by atoms with E-state index in [1.165, 1.54) is 6.33 Å². The van der Waals surface area contributed by atoms with E-state index in [9.17, 15) is 0 Å². The van der Waals surface area contributed by atoms with E-state index in [-0.39, 0.29) is 0 Å². The zero-order valence-electron chi connectivity index (χ0n) is 7.16. The highest BCUT2D eigenvalue weighted by Gasteiger charge is 1.91. The summed E-state index contributed by atoms with van der Waals surface area (Å²) < 4.78 is 5.34. The summed E-state index contributed by atoms with van der Waals surface area (Å²) in [4.78, 5) is 7.66. The molecule has 0 radical (unpaired) electrons. The van der Waals surface area contributed by atoms with Gasteiger partial charge in [0.05, 0.1) is 19.0 Å². The number of rotatable bonds is 5. The highest BCUT2D eigenvalue weighted by Crippen LogP contribution is 2.03. The number of nitrogens with one attached hydrogen (secondary N) is 1. The summed E-state index contributed by atoms with van der Waals surface area (Å²) in [7, 11) is 1.92. The second kappa shape index (κ2) is 5.49. The van der Waals surface area contributed by atoms with E-state index in [1.807, 2.05) is 7.05 Å². The van der Waals surface area contributed by atoms with E-state index in [0.29, 0.717) is 6.61 Å². The fraction of sp³-hybridized carbons (Fsp3) is 0.500. The molecule has 4 heteroatoms. The van der Waals surface area contributed by atoms with Crippen molar-refractivity contribution in [3.8, 4) is 5.75 Å². The number of ether oxygens (including phenoxy) is 1. The molecule has 0 aliphatic rings. The lowest BCUT2D eigenvalue weighted by molar-refractivity contribution is 0.307. The van der Waals surface area contributed by atoms with Crippen LogP contribution in [0.15, 0.2) is 18.7 Å². The second-order valence-corrected chi connectivity index (χ2v) is 2.38. The van der Waals surface area contributed by atoms with Crippen LogP contribution in [0, 0.1) is 0 Å². The third kappa shape index (κ3) is 3.30. The standard InChI is InChI=1S/C8H13N3O/c1-9-3-2-4-12-8-5-10-7-11-6-8/h5-7,9H,2-4H2,1H3. The van der Waals surface area contributed by atoms with Gasteiger partial charge in [-0.3, -0.25) is 0 Å². The Bertz CT molecular complexity index is 203. The Morgan fingerprint density at radius 1 is 1.42 bits per heavy atom. The smallest absolute Gasteiger partial charge is 0.155 e. The summed E-state index contributed by atoms with van der Waals surface area (Å²) in [5.74, 6) is 0.730. The molecule has 0 spiro atoms. The van der Waals surface area contributed by atoms with E-state index >= 15 is 0 Å². The lowest BCUT2D eigenvalue weighted by Crippen LogP contribution is -2.11. The van der Waals surface area contributed by atoms with Gasteiger partial charge in [-0.05, 0) is 20.0 Å². The van der Waals surface area contributed by atoms with Gasteiger partial charge in [-0.15, -0.1) is 0 Å². The highest BCUT2D eigenvalue weighted by molar-refractivity contribution is 5.09. The summed E-state index contributed by atoms with van der Waals surface area (Å²) in [5.41, 5.74) is 0. The number of aromatic nitrogens is 2. The Balaban J connectivity index is 2.16. The molecule has 0 saturated carbocycles. The molecule has 0 aliphatic heterocycles. The maximum Gasteiger partial charge on any atom is 0.155 e. The fourth-order valence-corrected chi connectivity index (χ4v) is 0.799. The van der Waals surface area contributed by atoms with Crippen molar-refractivity contribution in [3.63, 3.8) is 0 Å². The Morgan fingerprint density at radius 3 is 2.83 bits per heavy atom. The van der Waals surface area contributed by atoms with Gasteiger partial charge < -0.3 is 10.1 Å². The predicted octanol–water partition coefficient (Wildman–Crippen LogP) is 0.465. The molecule has 1 aromatic heterocycles. The molecule has 12 heavy (non-hydrogen) atoms. The Kier molecular flexibility index (Phi) is 4.08. The first kappa shape index (κ1) is 8.93. The molecule has 4 nitrogen and oxygen atoms in total. The van der Waals surface area contributed by atoms with Crippen LogP contribution in [0.25, 0.3) is 0 Å². The average molecular weight is 167 g/mol. The SMILES string of the molecule is CNCCCOc1cncnc1. The summed E-state index contributed by atoms with van der Waals surface area (Å²) >= 11 is 0. The maximum atomic E-state index is 5.34. The van der Waals surface area contributed by atoms with Crippen LogP contribution in [-0.2, 0) is 0 Å². The number of hydrogen-bond acceptors (Lipinski definition) is 4. The van der Waals surface area contributed by atoms with E-state index in [0.717, 1.165) is 18.7 Å². The van der Waals surface area contributed by atoms with Crippen LogP contribution in [0.1, 0.15) is 6.42 Å². The normalized spacial score (nSPS) is 9.75. The van der Waals surface area contributed by atoms with Gasteiger partial charge in [0.25, 0.3) is 0 Å². The molecule has 1 N–H and O–H groups in total. The van der Waals surface area contributed by atoms with E-state index in [4.69, 9.17) is 4.74 Å². The molecule has 0 saturated heterocycles. The first-order chi connectivity index (χ1) is 5.93. The van der Waals surface area contributed by atoms with Gasteiger partial charge in [0.2, 0.25) is 0 Å². The minimum absolute atomic E-state index is 0.703. The van der Waals surface area contributed by atoms with Crippen LogP contribution >= 0.6 is 0 Å². The Labute approximate surface area is 72.0 Å². The van der Waals surface area contributed by atoms with Crippen molar-refractivity contribution < 1.29 is 4.74 Å². The van der Waals surface area contributed by atoms with Crippen LogP contribution in [0.4, 0.5) is 0 Å². The third-order valence-electron chi connectivity index (χ3n) is 1.38. The molecule has 0 bridgehead atoms.